The maximum absolute atomic E-state index is 6.10. The Kier molecular flexibility index (Phi) is 5.79. The van der Waals surface area contributed by atoms with Crippen LogP contribution in [0.15, 0.2) is 12.1 Å². The molecule has 2 saturated heterocycles. The van der Waals surface area contributed by atoms with Gasteiger partial charge in [0.15, 0.2) is 11.5 Å². The highest BCUT2D eigenvalue weighted by atomic mass is 16.7. The standard InChI is InChI=1S/C19H28N2O5/c1-22-17-10-19-18(25-14-26-19)9-15(17)11-21-3-2-6-24-16(13-21)12-20-4-7-23-8-5-20/h9-10,16H,2-8,11-14H2,1H3/t16-/m0/s1. The van der Waals surface area contributed by atoms with Crippen molar-refractivity contribution in [2.24, 2.45) is 0 Å². The summed E-state index contributed by atoms with van der Waals surface area (Å²) in [5.74, 6) is 2.41. The van der Waals surface area contributed by atoms with Crippen molar-refractivity contribution in [3.63, 3.8) is 0 Å². The molecule has 0 spiro atoms. The van der Waals surface area contributed by atoms with Crippen molar-refractivity contribution in [3.8, 4) is 17.2 Å². The summed E-state index contributed by atoms with van der Waals surface area (Å²) < 4.78 is 28.1. The van der Waals surface area contributed by atoms with Gasteiger partial charge in [0.25, 0.3) is 0 Å². The van der Waals surface area contributed by atoms with Crippen molar-refractivity contribution in [2.45, 2.75) is 19.1 Å². The number of fused-ring (bicyclic) bond motifs is 1. The molecule has 144 valence electrons. The van der Waals surface area contributed by atoms with Crippen molar-refractivity contribution in [1.82, 2.24) is 9.80 Å². The summed E-state index contributed by atoms with van der Waals surface area (Å²) in [6, 6.07) is 3.97. The van der Waals surface area contributed by atoms with E-state index in [-0.39, 0.29) is 12.9 Å². The first kappa shape index (κ1) is 17.9. The van der Waals surface area contributed by atoms with Gasteiger partial charge in [-0.15, -0.1) is 0 Å². The van der Waals surface area contributed by atoms with E-state index in [1.54, 1.807) is 7.11 Å². The van der Waals surface area contributed by atoms with Crippen molar-refractivity contribution >= 4 is 0 Å². The maximum Gasteiger partial charge on any atom is 0.231 e. The van der Waals surface area contributed by atoms with Gasteiger partial charge in [-0.05, 0) is 12.5 Å². The van der Waals surface area contributed by atoms with E-state index in [1.807, 2.05) is 12.1 Å². The lowest BCUT2D eigenvalue weighted by molar-refractivity contribution is -0.0123. The first-order valence-electron chi connectivity index (χ1n) is 9.42. The Labute approximate surface area is 154 Å². The second kappa shape index (κ2) is 8.43. The average molecular weight is 364 g/mol. The number of ether oxygens (including phenoxy) is 5. The Morgan fingerprint density at radius 3 is 2.65 bits per heavy atom. The summed E-state index contributed by atoms with van der Waals surface area (Å²) in [5.41, 5.74) is 1.13. The second-order valence-corrected chi connectivity index (χ2v) is 7.01. The number of hydrogen-bond acceptors (Lipinski definition) is 7. The molecule has 26 heavy (non-hydrogen) atoms. The van der Waals surface area contributed by atoms with Gasteiger partial charge in [0.2, 0.25) is 6.79 Å². The molecule has 0 saturated carbocycles. The molecule has 1 aromatic rings. The SMILES string of the molecule is COc1cc2c(cc1CN1CCCO[C@@H](CN3CCOCC3)C1)OCO2. The van der Waals surface area contributed by atoms with E-state index in [9.17, 15) is 0 Å². The maximum atomic E-state index is 6.10. The minimum Gasteiger partial charge on any atom is -0.496 e. The van der Waals surface area contributed by atoms with E-state index >= 15 is 0 Å². The molecule has 0 aromatic heterocycles. The smallest absolute Gasteiger partial charge is 0.231 e. The highest BCUT2D eigenvalue weighted by molar-refractivity contribution is 5.51. The zero-order chi connectivity index (χ0) is 17.8. The van der Waals surface area contributed by atoms with Gasteiger partial charge >= 0.3 is 0 Å². The minimum absolute atomic E-state index is 0.232. The zero-order valence-electron chi connectivity index (χ0n) is 15.4. The average Bonchev–Trinajstić information content (AvgIpc) is 3.01. The molecule has 2 fully saturated rings. The Balaban J connectivity index is 1.41. The Morgan fingerprint density at radius 1 is 1.04 bits per heavy atom. The zero-order valence-corrected chi connectivity index (χ0v) is 15.4. The van der Waals surface area contributed by atoms with Crippen LogP contribution >= 0.6 is 0 Å². The van der Waals surface area contributed by atoms with Crippen LogP contribution in [-0.2, 0) is 16.0 Å². The van der Waals surface area contributed by atoms with Gasteiger partial charge in [0.1, 0.15) is 5.75 Å². The molecule has 3 heterocycles. The minimum atomic E-state index is 0.232. The first-order valence-corrected chi connectivity index (χ1v) is 9.42. The van der Waals surface area contributed by atoms with Gasteiger partial charge in [0, 0.05) is 57.5 Å². The molecule has 7 nitrogen and oxygen atoms in total. The molecular weight excluding hydrogens is 336 g/mol. The number of nitrogens with zero attached hydrogens (tertiary/aromatic N) is 2. The molecule has 0 aliphatic carbocycles. The summed E-state index contributed by atoms with van der Waals surface area (Å²) in [5, 5.41) is 0. The van der Waals surface area contributed by atoms with Gasteiger partial charge in [0.05, 0.1) is 26.4 Å². The second-order valence-electron chi connectivity index (χ2n) is 7.01. The number of benzene rings is 1. The van der Waals surface area contributed by atoms with Crippen molar-refractivity contribution in [3.05, 3.63) is 17.7 Å². The summed E-state index contributed by atoms with van der Waals surface area (Å²) in [6.45, 7) is 8.49. The van der Waals surface area contributed by atoms with E-state index < -0.39 is 0 Å². The van der Waals surface area contributed by atoms with Gasteiger partial charge in [-0.25, -0.2) is 0 Å². The lowest BCUT2D eigenvalue weighted by Gasteiger charge is -2.31. The molecule has 3 aliphatic rings. The summed E-state index contributed by atoms with van der Waals surface area (Å²) in [6.07, 6.45) is 1.28. The van der Waals surface area contributed by atoms with Crippen LogP contribution in [-0.4, -0.2) is 82.4 Å². The highest BCUT2D eigenvalue weighted by Gasteiger charge is 2.24. The molecule has 1 atom stereocenters. The fraction of sp³-hybridized carbons (Fsp3) is 0.684. The molecule has 7 heteroatoms. The number of hydrogen-bond donors (Lipinski definition) is 0. The molecule has 0 unspecified atom stereocenters. The summed E-state index contributed by atoms with van der Waals surface area (Å²) in [4.78, 5) is 4.90. The number of methoxy groups -OCH3 is 1. The van der Waals surface area contributed by atoms with Crippen LogP contribution in [0.25, 0.3) is 0 Å². The predicted molar refractivity (Wildman–Crippen MR) is 96.0 cm³/mol. The Morgan fingerprint density at radius 2 is 1.85 bits per heavy atom. The van der Waals surface area contributed by atoms with Crippen LogP contribution in [0.4, 0.5) is 0 Å². The molecule has 0 amide bonds. The molecule has 0 bridgehead atoms. The first-order chi connectivity index (χ1) is 12.8. The Hall–Kier alpha value is -1.54. The molecule has 0 N–H and O–H groups in total. The van der Waals surface area contributed by atoms with Crippen molar-refractivity contribution < 1.29 is 23.7 Å². The summed E-state index contributed by atoms with van der Waals surface area (Å²) in [7, 11) is 1.70. The summed E-state index contributed by atoms with van der Waals surface area (Å²) >= 11 is 0. The fourth-order valence-corrected chi connectivity index (χ4v) is 3.82. The van der Waals surface area contributed by atoms with E-state index in [4.69, 9.17) is 23.7 Å². The molecule has 1 aromatic carbocycles. The van der Waals surface area contributed by atoms with E-state index in [2.05, 4.69) is 9.80 Å². The molecule has 0 radical (unpaired) electrons. The van der Waals surface area contributed by atoms with Crippen molar-refractivity contribution in [1.29, 1.82) is 0 Å². The van der Waals surface area contributed by atoms with Crippen LogP contribution in [0.3, 0.4) is 0 Å². The van der Waals surface area contributed by atoms with E-state index in [0.717, 1.165) is 88.3 Å². The lowest BCUT2D eigenvalue weighted by atomic mass is 10.1. The molecular formula is C19H28N2O5. The van der Waals surface area contributed by atoms with Crippen LogP contribution in [0.2, 0.25) is 0 Å². The highest BCUT2D eigenvalue weighted by Crippen LogP contribution is 2.38. The fourth-order valence-electron chi connectivity index (χ4n) is 3.82. The molecule has 4 rings (SSSR count). The predicted octanol–water partition coefficient (Wildman–Crippen LogP) is 1.35. The number of rotatable bonds is 5. The van der Waals surface area contributed by atoms with E-state index in [1.165, 1.54) is 0 Å². The van der Waals surface area contributed by atoms with Crippen LogP contribution in [0.1, 0.15) is 12.0 Å². The quantitative estimate of drug-likeness (QED) is 0.782. The van der Waals surface area contributed by atoms with Crippen molar-refractivity contribution in [2.75, 3.05) is 66.4 Å². The van der Waals surface area contributed by atoms with Gasteiger partial charge in [-0.3, -0.25) is 9.80 Å². The van der Waals surface area contributed by atoms with Gasteiger partial charge in [-0.2, -0.15) is 0 Å². The monoisotopic (exact) mass is 364 g/mol. The van der Waals surface area contributed by atoms with Crippen LogP contribution in [0, 0.1) is 0 Å². The van der Waals surface area contributed by atoms with E-state index in [0.29, 0.717) is 0 Å². The van der Waals surface area contributed by atoms with Crippen LogP contribution < -0.4 is 14.2 Å². The lowest BCUT2D eigenvalue weighted by Crippen LogP contribution is -2.44. The third-order valence-corrected chi connectivity index (χ3v) is 5.17. The normalized spacial score (nSPS) is 24.4. The number of morpholine rings is 1. The third-order valence-electron chi connectivity index (χ3n) is 5.17. The molecule has 3 aliphatic heterocycles. The largest absolute Gasteiger partial charge is 0.496 e. The van der Waals surface area contributed by atoms with Gasteiger partial charge < -0.3 is 23.7 Å². The third kappa shape index (κ3) is 4.23. The van der Waals surface area contributed by atoms with Gasteiger partial charge in [-0.1, -0.05) is 0 Å². The topological polar surface area (TPSA) is 52.6 Å². The van der Waals surface area contributed by atoms with Crippen LogP contribution in [0.5, 0.6) is 17.2 Å². The Bertz CT molecular complexity index is 606.